The Balaban J connectivity index is 1.62. The van der Waals surface area contributed by atoms with Gasteiger partial charge in [-0.15, -0.1) is 0 Å². The highest BCUT2D eigenvalue weighted by Crippen LogP contribution is 2.28. The molecule has 0 unspecified atom stereocenters. The van der Waals surface area contributed by atoms with Crippen molar-refractivity contribution in [2.24, 2.45) is 0 Å². The zero-order valence-corrected chi connectivity index (χ0v) is 16.9. The maximum Gasteiger partial charge on any atom is 0.151 e. The molecular weight excluding hydrogens is 396 g/mol. The standard InChI is InChI=1S/C20H27F2N5O3/c1-29-17(13-25-28)12-24-16-10-18(21)20(19(22)11-16)26-6-7-27(30-9-8-26)14-15-2-4-23-5-3-15/h2-5,10-11,17,24-25,28H,6-9,12-14H2,1H3/t17-/m1/s1. The number of nitrogens with zero attached hydrogens (tertiary/aromatic N) is 3. The van der Waals surface area contributed by atoms with Gasteiger partial charge in [-0.25, -0.2) is 14.3 Å². The van der Waals surface area contributed by atoms with Crippen LogP contribution in [0, 0.1) is 11.6 Å². The SMILES string of the molecule is CO[C@@H](CNO)CNc1cc(F)c(N2CCON(Cc3ccncc3)CC2)c(F)c1. The summed E-state index contributed by atoms with van der Waals surface area (Å²) in [5.74, 6) is -1.29. The lowest BCUT2D eigenvalue weighted by atomic mass is 10.2. The minimum absolute atomic E-state index is 0.0600. The summed E-state index contributed by atoms with van der Waals surface area (Å²) in [6, 6.07) is 6.33. The van der Waals surface area contributed by atoms with Crippen LogP contribution in [0.15, 0.2) is 36.7 Å². The number of methoxy groups -OCH3 is 1. The smallest absolute Gasteiger partial charge is 0.151 e. The Labute approximate surface area is 174 Å². The van der Waals surface area contributed by atoms with Gasteiger partial charge in [-0.2, -0.15) is 5.06 Å². The molecule has 1 fully saturated rings. The Morgan fingerprint density at radius 2 is 1.90 bits per heavy atom. The van der Waals surface area contributed by atoms with E-state index in [0.29, 0.717) is 38.5 Å². The molecule has 3 N–H and O–H groups in total. The average molecular weight is 423 g/mol. The van der Waals surface area contributed by atoms with Crippen LogP contribution in [0.2, 0.25) is 0 Å². The van der Waals surface area contributed by atoms with E-state index in [1.165, 1.54) is 19.2 Å². The molecule has 0 radical (unpaired) electrons. The van der Waals surface area contributed by atoms with E-state index in [1.807, 2.05) is 17.6 Å². The first kappa shape index (κ1) is 22.3. The van der Waals surface area contributed by atoms with Gasteiger partial charge in [-0.3, -0.25) is 9.82 Å². The zero-order valence-electron chi connectivity index (χ0n) is 16.9. The van der Waals surface area contributed by atoms with Gasteiger partial charge in [0.1, 0.15) is 5.69 Å². The zero-order chi connectivity index (χ0) is 21.3. The van der Waals surface area contributed by atoms with Crippen molar-refractivity contribution in [1.29, 1.82) is 0 Å². The molecule has 10 heteroatoms. The maximum absolute atomic E-state index is 14.8. The van der Waals surface area contributed by atoms with Crippen LogP contribution in [-0.2, 0) is 16.1 Å². The molecule has 0 aliphatic carbocycles. The van der Waals surface area contributed by atoms with Crippen LogP contribution in [0.3, 0.4) is 0 Å². The molecule has 0 bridgehead atoms. The van der Waals surface area contributed by atoms with Crippen molar-refractivity contribution in [2.45, 2.75) is 12.6 Å². The number of rotatable bonds is 9. The van der Waals surface area contributed by atoms with E-state index in [9.17, 15) is 8.78 Å². The van der Waals surface area contributed by atoms with Crippen molar-refractivity contribution in [3.63, 3.8) is 0 Å². The van der Waals surface area contributed by atoms with E-state index in [0.717, 1.165) is 5.56 Å². The van der Waals surface area contributed by atoms with Crippen molar-refractivity contribution < 1.29 is 23.6 Å². The molecule has 3 rings (SSSR count). The minimum atomic E-state index is -0.644. The first-order chi connectivity index (χ1) is 14.6. The number of halogens is 2. The normalized spacial score (nSPS) is 16.3. The number of ether oxygens (including phenoxy) is 1. The number of nitrogens with one attached hydrogen (secondary N) is 2. The number of hydrogen-bond acceptors (Lipinski definition) is 8. The quantitative estimate of drug-likeness (QED) is 0.529. The molecule has 8 nitrogen and oxygen atoms in total. The van der Waals surface area contributed by atoms with Crippen LogP contribution >= 0.6 is 0 Å². The minimum Gasteiger partial charge on any atom is -0.382 e. The molecular formula is C20H27F2N5O3. The molecule has 30 heavy (non-hydrogen) atoms. The van der Waals surface area contributed by atoms with Gasteiger partial charge in [-0.05, 0) is 29.8 Å². The highest BCUT2D eigenvalue weighted by molar-refractivity contribution is 5.57. The first-order valence-electron chi connectivity index (χ1n) is 9.75. The summed E-state index contributed by atoms with van der Waals surface area (Å²) >= 11 is 0. The summed E-state index contributed by atoms with van der Waals surface area (Å²) in [4.78, 5) is 11.4. The van der Waals surface area contributed by atoms with Gasteiger partial charge in [0.15, 0.2) is 11.6 Å². The Hall–Kier alpha value is -2.37. The lowest BCUT2D eigenvalue weighted by molar-refractivity contribution is -0.154. The van der Waals surface area contributed by atoms with E-state index in [1.54, 1.807) is 22.4 Å². The molecule has 0 amide bonds. The Kier molecular flexibility index (Phi) is 8.29. The van der Waals surface area contributed by atoms with Crippen LogP contribution in [0.1, 0.15) is 5.56 Å². The molecule has 2 aromatic rings. The van der Waals surface area contributed by atoms with Gasteiger partial charge in [0.25, 0.3) is 0 Å². The van der Waals surface area contributed by atoms with E-state index >= 15 is 0 Å². The molecule has 1 aromatic carbocycles. The van der Waals surface area contributed by atoms with Gasteiger partial charge >= 0.3 is 0 Å². The van der Waals surface area contributed by atoms with E-state index in [4.69, 9.17) is 14.8 Å². The molecule has 1 aliphatic rings. The van der Waals surface area contributed by atoms with Crippen LogP contribution in [0.4, 0.5) is 20.2 Å². The Bertz CT molecular complexity index is 776. The predicted octanol–water partition coefficient (Wildman–Crippen LogP) is 2.02. The van der Waals surface area contributed by atoms with Crippen molar-refractivity contribution >= 4 is 11.4 Å². The van der Waals surface area contributed by atoms with Gasteiger partial charge in [0, 0.05) is 64.5 Å². The third kappa shape index (κ3) is 6.07. The summed E-state index contributed by atoms with van der Waals surface area (Å²) in [5, 5.41) is 13.5. The lowest BCUT2D eigenvalue weighted by Gasteiger charge is -2.24. The fourth-order valence-electron chi connectivity index (χ4n) is 3.27. The third-order valence-corrected chi connectivity index (χ3v) is 4.88. The number of anilines is 2. The van der Waals surface area contributed by atoms with Crippen molar-refractivity contribution in [3.8, 4) is 0 Å². The van der Waals surface area contributed by atoms with Gasteiger partial charge in [0.05, 0.1) is 12.7 Å². The molecule has 0 spiro atoms. The monoisotopic (exact) mass is 423 g/mol. The largest absolute Gasteiger partial charge is 0.382 e. The van der Waals surface area contributed by atoms with Crippen molar-refractivity contribution in [2.75, 3.05) is 56.7 Å². The average Bonchev–Trinajstić information content (AvgIpc) is 2.97. The van der Waals surface area contributed by atoms with Crippen molar-refractivity contribution in [1.82, 2.24) is 15.5 Å². The molecule has 1 saturated heterocycles. The van der Waals surface area contributed by atoms with Gasteiger partial charge in [0.2, 0.25) is 0 Å². The third-order valence-electron chi connectivity index (χ3n) is 4.88. The van der Waals surface area contributed by atoms with E-state index in [-0.39, 0.29) is 24.9 Å². The molecule has 1 aromatic heterocycles. The number of benzene rings is 1. The topological polar surface area (TPSA) is 82.1 Å². The molecule has 0 saturated carbocycles. The van der Waals surface area contributed by atoms with Crippen LogP contribution < -0.4 is 15.7 Å². The number of hydrogen-bond donors (Lipinski definition) is 3. The second kappa shape index (κ2) is 11.1. The Morgan fingerprint density at radius 1 is 1.17 bits per heavy atom. The maximum atomic E-state index is 14.8. The Morgan fingerprint density at radius 3 is 2.57 bits per heavy atom. The predicted molar refractivity (Wildman–Crippen MR) is 108 cm³/mol. The summed E-state index contributed by atoms with van der Waals surface area (Å²) < 4.78 is 34.7. The van der Waals surface area contributed by atoms with Crippen LogP contribution in [0.5, 0.6) is 0 Å². The summed E-state index contributed by atoms with van der Waals surface area (Å²) in [6.45, 7) is 2.69. The van der Waals surface area contributed by atoms with Crippen LogP contribution in [-0.4, -0.2) is 67.8 Å². The number of pyridine rings is 1. The molecule has 1 aliphatic heterocycles. The second-order valence-corrected chi connectivity index (χ2v) is 6.93. The van der Waals surface area contributed by atoms with Crippen LogP contribution in [0.25, 0.3) is 0 Å². The summed E-state index contributed by atoms with van der Waals surface area (Å²) in [6.07, 6.45) is 3.08. The number of hydroxylamine groups is 3. The number of aromatic nitrogens is 1. The van der Waals surface area contributed by atoms with E-state index in [2.05, 4.69) is 10.3 Å². The summed E-state index contributed by atoms with van der Waals surface area (Å²) in [5.41, 5.74) is 3.31. The first-order valence-corrected chi connectivity index (χ1v) is 9.75. The molecule has 164 valence electrons. The fourth-order valence-corrected chi connectivity index (χ4v) is 3.27. The highest BCUT2D eigenvalue weighted by Gasteiger charge is 2.22. The van der Waals surface area contributed by atoms with Gasteiger partial charge < -0.3 is 20.2 Å². The molecule has 1 atom stereocenters. The van der Waals surface area contributed by atoms with E-state index < -0.39 is 11.6 Å². The summed E-state index contributed by atoms with van der Waals surface area (Å²) in [7, 11) is 1.49. The lowest BCUT2D eigenvalue weighted by Crippen LogP contribution is -2.32. The van der Waals surface area contributed by atoms with Crippen molar-refractivity contribution in [3.05, 3.63) is 53.9 Å². The molecule has 2 heterocycles. The second-order valence-electron chi connectivity index (χ2n) is 6.93. The highest BCUT2D eigenvalue weighted by atomic mass is 19.1. The van der Waals surface area contributed by atoms with Gasteiger partial charge in [-0.1, -0.05) is 0 Å². The fraction of sp³-hybridized carbons (Fsp3) is 0.450.